The Bertz CT molecular complexity index is 969. The van der Waals surface area contributed by atoms with Gasteiger partial charge in [0.25, 0.3) is 0 Å². The van der Waals surface area contributed by atoms with Crippen molar-refractivity contribution in [3.63, 3.8) is 0 Å². The van der Waals surface area contributed by atoms with Crippen LogP contribution in [0.1, 0.15) is 29.5 Å². The minimum atomic E-state index is -0.830. The van der Waals surface area contributed by atoms with Gasteiger partial charge in [0.15, 0.2) is 0 Å². The van der Waals surface area contributed by atoms with Crippen molar-refractivity contribution >= 4 is 35.6 Å². The first-order chi connectivity index (χ1) is 13.3. The minimum Gasteiger partial charge on any atom is -0.482 e. The maximum atomic E-state index is 14.2. The topological polar surface area (TPSA) is 49.8 Å². The quantitative estimate of drug-likeness (QED) is 0.737. The van der Waals surface area contributed by atoms with E-state index in [4.69, 9.17) is 21.4 Å². The molecule has 1 N–H and O–H groups in total. The van der Waals surface area contributed by atoms with E-state index in [2.05, 4.69) is 6.08 Å². The summed E-state index contributed by atoms with van der Waals surface area (Å²) in [5, 5.41) is 9.61. The molecule has 29 heavy (non-hydrogen) atoms. The largest absolute Gasteiger partial charge is 0.482 e. The van der Waals surface area contributed by atoms with Gasteiger partial charge in [-0.2, -0.15) is 0 Å². The number of rotatable bonds is 3. The molecule has 154 valence electrons. The van der Waals surface area contributed by atoms with Crippen molar-refractivity contribution in [3.8, 4) is 5.75 Å². The lowest BCUT2D eigenvalue weighted by molar-refractivity contribution is -0.139. The average Bonchev–Trinajstić information content (AvgIpc) is 2.65. The van der Waals surface area contributed by atoms with Gasteiger partial charge in [0.2, 0.25) is 0 Å². The highest BCUT2D eigenvalue weighted by Crippen LogP contribution is 2.44. The standard InChI is InChI=1S/C22H21ClFNO3.ClH/c1-14-2-3-15(10-19(14)24)18-12-22(6-8-25(9-7-22)13-21(26)27)28-20-11-16(23)4-5-17(18)20;/h2-5,10-12H,6-9,13H2,1H3,(H,26,27);1H. The number of carboxylic acid groups (broad SMARTS) is 1. The molecule has 0 aliphatic carbocycles. The molecule has 1 spiro atoms. The van der Waals surface area contributed by atoms with Crippen molar-refractivity contribution in [1.29, 1.82) is 0 Å². The highest BCUT2D eigenvalue weighted by molar-refractivity contribution is 6.30. The second-order valence-corrected chi connectivity index (χ2v) is 7.94. The van der Waals surface area contributed by atoms with Crippen LogP contribution in [0.5, 0.6) is 5.75 Å². The normalized spacial score (nSPS) is 17.7. The molecule has 4 nitrogen and oxygen atoms in total. The van der Waals surface area contributed by atoms with E-state index in [9.17, 15) is 9.18 Å². The Kier molecular flexibility index (Phi) is 6.22. The van der Waals surface area contributed by atoms with Gasteiger partial charge in [-0.05, 0) is 54.0 Å². The van der Waals surface area contributed by atoms with Gasteiger partial charge in [0.1, 0.15) is 17.2 Å². The number of carboxylic acids is 1. The zero-order valence-electron chi connectivity index (χ0n) is 16.0. The number of benzene rings is 2. The molecule has 1 fully saturated rings. The summed E-state index contributed by atoms with van der Waals surface area (Å²) in [4.78, 5) is 12.9. The molecule has 0 amide bonds. The van der Waals surface area contributed by atoms with E-state index < -0.39 is 11.6 Å². The molecule has 2 heterocycles. The van der Waals surface area contributed by atoms with E-state index in [1.165, 1.54) is 0 Å². The summed E-state index contributed by atoms with van der Waals surface area (Å²) in [6, 6.07) is 10.7. The smallest absolute Gasteiger partial charge is 0.317 e. The molecule has 0 unspecified atom stereocenters. The van der Waals surface area contributed by atoms with Crippen LogP contribution in [0.4, 0.5) is 4.39 Å². The Balaban J connectivity index is 0.00000240. The second-order valence-electron chi connectivity index (χ2n) is 7.50. The molecule has 7 heteroatoms. The number of aliphatic carboxylic acids is 1. The molecular weight excluding hydrogens is 416 g/mol. The van der Waals surface area contributed by atoms with E-state index in [0.717, 1.165) is 16.7 Å². The SMILES string of the molecule is Cc1ccc(C2=CC3(CCN(CC(=O)O)CC3)Oc3cc(Cl)ccc32)cc1F.Cl. The molecule has 0 aromatic heterocycles. The van der Waals surface area contributed by atoms with Gasteiger partial charge in [-0.3, -0.25) is 9.69 Å². The van der Waals surface area contributed by atoms with Crippen molar-refractivity contribution in [3.05, 3.63) is 70.0 Å². The van der Waals surface area contributed by atoms with Gasteiger partial charge in [-0.15, -0.1) is 12.4 Å². The number of nitrogens with zero attached hydrogens (tertiary/aromatic N) is 1. The Hall–Kier alpha value is -2.08. The molecule has 1 saturated heterocycles. The maximum Gasteiger partial charge on any atom is 0.317 e. The van der Waals surface area contributed by atoms with Crippen LogP contribution in [0.2, 0.25) is 5.02 Å². The van der Waals surface area contributed by atoms with Crippen molar-refractivity contribution in [2.45, 2.75) is 25.4 Å². The van der Waals surface area contributed by atoms with Crippen molar-refractivity contribution in [2.24, 2.45) is 0 Å². The molecule has 0 radical (unpaired) electrons. The summed E-state index contributed by atoms with van der Waals surface area (Å²) in [6.07, 6.45) is 3.39. The molecule has 2 aliphatic heterocycles. The number of hydrogen-bond donors (Lipinski definition) is 1. The van der Waals surface area contributed by atoms with E-state index >= 15 is 0 Å². The minimum absolute atomic E-state index is 0. The molecule has 2 aromatic carbocycles. The number of carbonyl (C=O) groups is 1. The summed E-state index contributed by atoms with van der Waals surface area (Å²) >= 11 is 6.19. The second kappa shape index (κ2) is 8.34. The summed E-state index contributed by atoms with van der Waals surface area (Å²) in [7, 11) is 0. The van der Waals surface area contributed by atoms with Crippen LogP contribution in [-0.4, -0.2) is 41.2 Å². The fraction of sp³-hybridized carbons (Fsp3) is 0.318. The Morgan fingerprint density at radius 3 is 2.62 bits per heavy atom. The van der Waals surface area contributed by atoms with Crippen LogP contribution in [0.15, 0.2) is 42.5 Å². The fourth-order valence-electron chi connectivity index (χ4n) is 3.92. The number of fused-ring (bicyclic) bond motifs is 1. The van der Waals surface area contributed by atoms with E-state index in [1.807, 2.05) is 17.0 Å². The highest BCUT2D eigenvalue weighted by Gasteiger charge is 2.39. The van der Waals surface area contributed by atoms with Crippen molar-refractivity contribution < 1.29 is 19.0 Å². The number of ether oxygens (including phenoxy) is 1. The van der Waals surface area contributed by atoms with E-state index in [1.54, 1.807) is 31.2 Å². The first-order valence-corrected chi connectivity index (χ1v) is 9.65. The molecular formula is C22H22Cl2FNO3. The van der Waals surface area contributed by atoms with Gasteiger partial charge in [-0.1, -0.05) is 23.7 Å². The van der Waals surface area contributed by atoms with Gasteiger partial charge in [0.05, 0.1) is 6.54 Å². The first kappa shape index (κ1) is 21.6. The summed E-state index contributed by atoms with van der Waals surface area (Å²) in [6.45, 7) is 3.01. The Labute approximate surface area is 180 Å². The summed E-state index contributed by atoms with van der Waals surface area (Å²) in [5.74, 6) is -0.396. The number of hydrogen-bond acceptors (Lipinski definition) is 3. The third kappa shape index (κ3) is 4.42. The lowest BCUT2D eigenvalue weighted by Gasteiger charge is -2.42. The average molecular weight is 438 g/mol. The van der Waals surface area contributed by atoms with E-state index in [0.29, 0.717) is 42.3 Å². The fourth-order valence-corrected chi connectivity index (χ4v) is 4.08. The number of piperidine rings is 1. The van der Waals surface area contributed by atoms with Crippen LogP contribution < -0.4 is 4.74 Å². The van der Waals surface area contributed by atoms with Crippen molar-refractivity contribution in [1.82, 2.24) is 4.90 Å². The van der Waals surface area contributed by atoms with Crippen LogP contribution in [0.25, 0.3) is 5.57 Å². The Morgan fingerprint density at radius 2 is 1.97 bits per heavy atom. The number of likely N-dealkylation sites (tertiary alicyclic amines) is 1. The maximum absolute atomic E-state index is 14.2. The first-order valence-electron chi connectivity index (χ1n) is 9.28. The van der Waals surface area contributed by atoms with Gasteiger partial charge >= 0.3 is 5.97 Å². The molecule has 4 rings (SSSR count). The monoisotopic (exact) mass is 437 g/mol. The van der Waals surface area contributed by atoms with Gasteiger partial charge < -0.3 is 9.84 Å². The lowest BCUT2D eigenvalue weighted by Crippen LogP contribution is -2.49. The number of halogens is 3. The van der Waals surface area contributed by atoms with Crippen molar-refractivity contribution in [2.75, 3.05) is 19.6 Å². The van der Waals surface area contributed by atoms with Crippen LogP contribution >= 0.6 is 24.0 Å². The predicted molar refractivity (Wildman–Crippen MR) is 114 cm³/mol. The molecule has 2 aromatic rings. The van der Waals surface area contributed by atoms with Crippen LogP contribution in [0, 0.1) is 12.7 Å². The lowest BCUT2D eigenvalue weighted by atomic mass is 9.82. The van der Waals surface area contributed by atoms with Crippen LogP contribution in [-0.2, 0) is 4.79 Å². The number of aryl methyl sites for hydroxylation is 1. The summed E-state index contributed by atoms with van der Waals surface area (Å²) < 4.78 is 20.6. The Morgan fingerprint density at radius 1 is 1.24 bits per heavy atom. The highest BCUT2D eigenvalue weighted by atomic mass is 35.5. The zero-order valence-corrected chi connectivity index (χ0v) is 17.5. The zero-order chi connectivity index (χ0) is 19.9. The van der Waals surface area contributed by atoms with Crippen LogP contribution in [0.3, 0.4) is 0 Å². The summed E-state index contributed by atoms with van der Waals surface area (Å²) in [5.41, 5.74) is 2.64. The molecule has 0 saturated carbocycles. The third-order valence-electron chi connectivity index (χ3n) is 5.50. The van der Waals surface area contributed by atoms with E-state index in [-0.39, 0.29) is 24.8 Å². The van der Waals surface area contributed by atoms with Gasteiger partial charge in [0, 0.05) is 36.5 Å². The molecule has 0 bridgehead atoms. The third-order valence-corrected chi connectivity index (χ3v) is 5.73. The molecule has 2 aliphatic rings. The predicted octanol–water partition coefficient (Wildman–Crippen LogP) is 4.95. The van der Waals surface area contributed by atoms with Gasteiger partial charge in [-0.25, -0.2) is 4.39 Å². The molecule has 0 atom stereocenters.